The summed E-state index contributed by atoms with van der Waals surface area (Å²) >= 11 is 0. The summed E-state index contributed by atoms with van der Waals surface area (Å²) < 4.78 is 0. The molecule has 3 saturated heterocycles. The summed E-state index contributed by atoms with van der Waals surface area (Å²) in [5.74, 6) is 0.905. The second-order valence-corrected chi connectivity index (χ2v) is 7.67. The Morgan fingerprint density at radius 2 is 1.83 bits per heavy atom. The third kappa shape index (κ3) is 2.86. The van der Waals surface area contributed by atoms with E-state index in [9.17, 15) is 9.90 Å². The molecule has 0 aliphatic carbocycles. The molecule has 4 nitrogen and oxygen atoms in total. The lowest BCUT2D eigenvalue weighted by atomic mass is 9.91. The Hall–Kier alpha value is -1.39. The summed E-state index contributed by atoms with van der Waals surface area (Å²) in [4.78, 5) is 17.8. The van der Waals surface area contributed by atoms with Gasteiger partial charge in [-0.05, 0) is 50.1 Å². The van der Waals surface area contributed by atoms with Crippen molar-refractivity contribution in [1.82, 2.24) is 9.80 Å². The Kier molecular flexibility index (Phi) is 4.59. The third-order valence-electron chi connectivity index (χ3n) is 6.37. The highest BCUT2D eigenvalue weighted by Crippen LogP contribution is 2.45. The summed E-state index contributed by atoms with van der Waals surface area (Å²) in [5.41, 5.74) is 1.36. The molecule has 0 spiro atoms. The zero-order chi connectivity index (χ0) is 16.5. The number of aliphatic hydroxyl groups is 1. The Bertz CT molecular complexity index is 568. The molecule has 3 aliphatic heterocycles. The summed E-state index contributed by atoms with van der Waals surface area (Å²) in [7, 11) is 0. The highest BCUT2D eigenvalue weighted by atomic mass is 16.3. The normalized spacial score (nSPS) is 31.4. The van der Waals surface area contributed by atoms with Crippen LogP contribution >= 0.6 is 0 Å². The number of carbonyl (C=O) groups is 1. The van der Waals surface area contributed by atoms with Crippen molar-refractivity contribution >= 4 is 5.91 Å². The Morgan fingerprint density at radius 1 is 1.08 bits per heavy atom. The minimum Gasteiger partial charge on any atom is -0.396 e. The van der Waals surface area contributed by atoms with E-state index in [2.05, 4.69) is 40.1 Å². The Balaban J connectivity index is 1.48. The van der Waals surface area contributed by atoms with E-state index in [1.54, 1.807) is 0 Å². The summed E-state index contributed by atoms with van der Waals surface area (Å²) in [6.45, 7) is 3.03. The van der Waals surface area contributed by atoms with Gasteiger partial charge in [0.05, 0.1) is 5.92 Å². The van der Waals surface area contributed by atoms with Crippen LogP contribution in [-0.2, 0) is 4.79 Å². The molecule has 3 heterocycles. The molecule has 3 fully saturated rings. The van der Waals surface area contributed by atoms with E-state index in [1.807, 2.05) is 0 Å². The van der Waals surface area contributed by atoms with Crippen molar-refractivity contribution in [3.05, 3.63) is 35.9 Å². The quantitative estimate of drug-likeness (QED) is 0.927. The first-order valence-corrected chi connectivity index (χ1v) is 9.48. The number of hydrogen-bond acceptors (Lipinski definition) is 3. The molecule has 130 valence electrons. The fourth-order valence-electron chi connectivity index (χ4n) is 5.01. The number of aliphatic hydroxyl groups excluding tert-OH is 1. The molecule has 3 aliphatic rings. The van der Waals surface area contributed by atoms with E-state index in [1.165, 1.54) is 12.0 Å². The molecule has 0 bridgehead atoms. The van der Waals surface area contributed by atoms with Gasteiger partial charge in [-0.2, -0.15) is 0 Å². The van der Waals surface area contributed by atoms with Crippen molar-refractivity contribution in [1.29, 1.82) is 0 Å². The maximum atomic E-state index is 13.2. The van der Waals surface area contributed by atoms with Crippen LogP contribution in [0.1, 0.15) is 43.7 Å². The van der Waals surface area contributed by atoms with Gasteiger partial charge < -0.3 is 10.0 Å². The van der Waals surface area contributed by atoms with Crippen LogP contribution in [0.5, 0.6) is 0 Å². The summed E-state index contributed by atoms with van der Waals surface area (Å²) in [6, 6.07) is 11.5. The number of piperidine rings is 1. The van der Waals surface area contributed by atoms with E-state index < -0.39 is 0 Å². The Labute approximate surface area is 144 Å². The lowest BCUT2D eigenvalue weighted by Gasteiger charge is -2.34. The molecule has 0 radical (unpaired) electrons. The molecule has 4 rings (SSSR count). The van der Waals surface area contributed by atoms with Gasteiger partial charge in [0.25, 0.3) is 0 Å². The molecule has 0 unspecified atom stereocenters. The average molecular weight is 328 g/mol. The largest absolute Gasteiger partial charge is 0.396 e. The number of fused-ring (bicyclic) bond motifs is 1. The van der Waals surface area contributed by atoms with E-state index >= 15 is 0 Å². The van der Waals surface area contributed by atoms with E-state index in [0.717, 1.165) is 45.3 Å². The number of amides is 1. The van der Waals surface area contributed by atoms with Gasteiger partial charge in [-0.1, -0.05) is 30.3 Å². The van der Waals surface area contributed by atoms with E-state index in [0.29, 0.717) is 23.9 Å². The fraction of sp³-hybridized carbons (Fsp3) is 0.650. The van der Waals surface area contributed by atoms with Crippen molar-refractivity contribution in [3.8, 4) is 0 Å². The molecular formula is C20H28N2O2. The van der Waals surface area contributed by atoms with Crippen LogP contribution in [0.15, 0.2) is 30.3 Å². The molecule has 1 aromatic carbocycles. The molecule has 0 saturated carbocycles. The van der Waals surface area contributed by atoms with Gasteiger partial charge >= 0.3 is 0 Å². The van der Waals surface area contributed by atoms with Crippen LogP contribution in [0.25, 0.3) is 0 Å². The van der Waals surface area contributed by atoms with Gasteiger partial charge in [-0.3, -0.25) is 9.69 Å². The number of hydrogen-bond donors (Lipinski definition) is 1. The first kappa shape index (κ1) is 16.1. The second kappa shape index (κ2) is 6.85. The lowest BCUT2D eigenvalue weighted by Crippen LogP contribution is -2.44. The average Bonchev–Trinajstić information content (AvgIpc) is 3.24. The molecule has 24 heavy (non-hydrogen) atoms. The van der Waals surface area contributed by atoms with E-state index in [4.69, 9.17) is 0 Å². The Morgan fingerprint density at radius 3 is 2.54 bits per heavy atom. The minimum absolute atomic E-state index is 0.156. The number of likely N-dealkylation sites (tertiary alicyclic amines) is 1. The van der Waals surface area contributed by atoms with Crippen molar-refractivity contribution < 1.29 is 9.90 Å². The maximum absolute atomic E-state index is 13.2. The van der Waals surface area contributed by atoms with Gasteiger partial charge in [0.2, 0.25) is 5.91 Å². The summed E-state index contributed by atoms with van der Waals surface area (Å²) in [6.07, 6.45) is 5.24. The zero-order valence-corrected chi connectivity index (χ0v) is 14.3. The van der Waals surface area contributed by atoms with Crippen LogP contribution in [0, 0.1) is 11.8 Å². The van der Waals surface area contributed by atoms with Crippen molar-refractivity contribution in [2.45, 2.75) is 44.2 Å². The summed E-state index contributed by atoms with van der Waals surface area (Å²) in [5, 5.41) is 9.30. The molecule has 4 heteroatoms. The number of benzene rings is 1. The molecule has 1 amide bonds. The predicted molar refractivity (Wildman–Crippen MR) is 93.4 cm³/mol. The number of carbonyl (C=O) groups excluding carboxylic acids is 1. The van der Waals surface area contributed by atoms with Crippen LogP contribution in [-0.4, -0.2) is 53.1 Å². The number of rotatable bonds is 3. The maximum Gasteiger partial charge on any atom is 0.227 e. The van der Waals surface area contributed by atoms with Gasteiger partial charge in [-0.25, -0.2) is 0 Å². The molecular weight excluding hydrogens is 300 g/mol. The lowest BCUT2D eigenvalue weighted by molar-refractivity contribution is -0.137. The van der Waals surface area contributed by atoms with Crippen molar-refractivity contribution in [2.75, 3.05) is 26.2 Å². The van der Waals surface area contributed by atoms with E-state index in [-0.39, 0.29) is 12.5 Å². The highest BCUT2D eigenvalue weighted by Gasteiger charge is 2.48. The third-order valence-corrected chi connectivity index (χ3v) is 6.37. The SMILES string of the molecule is O=C([C@@H]1C[C@H](c2ccccc2)N2CCC[C@@H]12)N1CCC(CO)CC1. The van der Waals surface area contributed by atoms with Crippen LogP contribution in [0.4, 0.5) is 0 Å². The molecule has 3 atom stereocenters. The zero-order valence-electron chi connectivity index (χ0n) is 14.3. The number of nitrogens with zero attached hydrogens (tertiary/aromatic N) is 2. The fourth-order valence-corrected chi connectivity index (χ4v) is 5.01. The first-order valence-electron chi connectivity index (χ1n) is 9.48. The van der Waals surface area contributed by atoms with Crippen LogP contribution in [0.2, 0.25) is 0 Å². The molecule has 1 aromatic rings. The van der Waals surface area contributed by atoms with Gasteiger partial charge in [0.15, 0.2) is 0 Å². The van der Waals surface area contributed by atoms with Gasteiger partial charge in [0, 0.05) is 31.8 Å². The van der Waals surface area contributed by atoms with Gasteiger partial charge in [-0.15, -0.1) is 0 Å². The first-order chi connectivity index (χ1) is 11.8. The molecule has 1 N–H and O–H groups in total. The minimum atomic E-state index is 0.156. The predicted octanol–water partition coefficient (Wildman–Crippen LogP) is 2.44. The van der Waals surface area contributed by atoms with Crippen molar-refractivity contribution in [2.24, 2.45) is 11.8 Å². The monoisotopic (exact) mass is 328 g/mol. The highest BCUT2D eigenvalue weighted by molar-refractivity contribution is 5.80. The molecule has 0 aromatic heterocycles. The topological polar surface area (TPSA) is 43.8 Å². The van der Waals surface area contributed by atoms with Crippen LogP contribution < -0.4 is 0 Å². The van der Waals surface area contributed by atoms with Crippen molar-refractivity contribution in [3.63, 3.8) is 0 Å². The van der Waals surface area contributed by atoms with Gasteiger partial charge in [0.1, 0.15) is 0 Å². The smallest absolute Gasteiger partial charge is 0.227 e. The van der Waals surface area contributed by atoms with Crippen LogP contribution in [0.3, 0.4) is 0 Å². The second-order valence-electron chi connectivity index (χ2n) is 7.67. The standard InChI is InChI=1S/C20H28N2O2/c23-14-15-8-11-21(12-9-15)20(24)17-13-19(16-5-2-1-3-6-16)22-10-4-7-18(17)22/h1-3,5-6,15,17-19,23H,4,7-14H2/t17-,18+,19-/m1/s1.